The normalized spacial score (nSPS) is 15.3. The summed E-state index contributed by atoms with van der Waals surface area (Å²) in [6.45, 7) is 0. The smallest absolute Gasteiger partial charge is 0.167 e. The van der Waals surface area contributed by atoms with Crippen LogP contribution >= 0.6 is 23.2 Å². The molecule has 35 heavy (non-hydrogen) atoms. The second-order valence-electron chi connectivity index (χ2n) is 7.75. The summed E-state index contributed by atoms with van der Waals surface area (Å²) >= 11 is 12.7. The maximum Gasteiger partial charge on any atom is 0.167 e. The fourth-order valence-corrected chi connectivity index (χ4v) is 4.66. The van der Waals surface area contributed by atoms with Gasteiger partial charge in [0.25, 0.3) is 0 Å². The van der Waals surface area contributed by atoms with Crippen LogP contribution in [0.2, 0.25) is 10.0 Å². The molecule has 1 aliphatic rings. The van der Waals surface area contributed by atoms with E-state index in [1.54, 1.807) is 40.6 Å². The van der Waals surface area contributed by atoms with Gasteiger partial charge in [-0.1, -0.05) is 47.5 Å². The molecule has 0 spiro atoms. The van der Waals surface area contributed by atoms with Crippen molar-refractivity contribution >= 4 is 40.7 Å². The predicted molar refractivity (Wildman–Crippen MR) is 142 cm³/mol. The Hall–Kier alpha value is -3.35. The molecule has 0 aromatic heterocycles. The molecule has 0 saturated heterocycles. The number of allylic oxidation sites excluding steroid dienone is 1. The van der Waals surface area contributed by atoms with Gasteiger partial charge in [0.2, 0.25) is 0 Å². The van der Waals surface area contributed by atoms with Gasteiger partial charge >= 0.3 is 0 Å². The van der Waals surface area contributed by atoms with Gasteiger partial charge in [0.15, 0.2) is 23.0 Å². The van der Waals surface area contributed by atoms with Crippen molar-refractivity contribution in [3.05, 3.63) is 81.8 Å². The second-order valence-corrected chi connectivity index (χ2v) is 8.59. The number of anilines is 1. The van der Waals surface area contributed by atoms with Crippen molar-refractivity contribution in [1.82, 2.24) is 0 Å². The molecular weight excluding hydrogens is 487 g/mol. The van der Waals surface area contributed by atoms with Crippen molar-refractivity contribution in [2.24, 2.45) is 5.10 Å². The van der Waals surface area contributed by atoms with Crippen molar-refractivity contribution in [3.8, 4) is 23.0 Å². The Morgan fingerprint density at radius 2 is 1.51 bits per heavy atom. The standard InChI is InChI=1S/C27H26Cl2N2O4/c1-32-24-9-5-7-17(26(24)34-3)11-13-19-16-23(20-8-6-10-25(33-2)27(20)35-4)31(30-19)22-14-12-18(28)15-21(22)29/h5-15,23H,16H2,1-4H3/b13-11+/t23-/m1/s1. The maximum absolute atomic E-state index is 6.59. The molecule has 6 nitrogen and oxygen atoms in total. The molecule has 0 radical (unpaired) electrons. The first-order valence-corrected chi connectivity index (χ1v) is 11.7. The maximum atomic E-state index is 6.59. The average molecular weight is 513 g/mol. The average Bonchev–Trinajstić information content (AvgIpc) is 3.30. The molecule has 0 bridgehead atoms. The summed E-state index contributed by atoms with van der Waals surface area (Å²) in [5.41, 5.74) is 3.42. The highest BCUT2D eigenvalue weighted by molar-refractivity contribution is 6.36. The van der Waals surface area contributed by atoms with Gasteiger partial charge in [-0.25, -0.2) is 0 Å². The van der Waals surface area contributed by atoms with Crippen molar-refractivity contribution in [2.75, 3.05) is 33.4 Å². The highest BCUT2D eigenvalue weighted by atomic mass is 35.5. The van der Waals surface area contributed by atoms with E-state index in [-0.39, 0.29) is 6.04 Å². The van der Waals surface area contributed by atoms with Crippen LogP contribution in [0.4, 0.5) is 5.69 Å². The van der Waals surface area contributed by atoms with E-state index >= 15 is 0 Å². The van der Waals surface area contributed by atoms with Gasteiger partial charge < -0.3 is 18.9 Å². The highest BCUT2D eigenvalue weighted by Gasteiger charge is 2.32. The van der Waals surface area contributed by atoms with Crippen LogP contribution in [0, 0.1) is 0 Å². The van der Waals surface area contributed by atoms with Gasteiger partial charge in [-0.3, -0.25) is 5.01 Å². The van der Waals surface area contributed by atoms with Gasteiger partial charge in [0.05, 0.1) is 50.9 Å². The monoisotopic (exact) mass is 512 g/mol. The number of halogens is 2. The minimum atomic E-state index is -0.175. The third kappa shape index (κ3) is 5.04. The number of nitrogens with zero attached hydrogens (tertiary/aromatic N) is 2. The molecule has 3 aromatic carbocycles. The molecule has 0 unspecified atom stereocenters. The number of rotatable bonds is 8. The lowest BCUT2D eigenvalue weighted by molar-refractivity contribution is 0.349. The largest absolute Gasteiger partial charge is 0.493 e. The molecule has 1 aliphatic heterocycles. The van der Waals surface area contributed by atoms with Crippen LogP contribution in [0.5, 0.6) is 23.0 Å². The Labute approximate surface area is 215 Å². The topological polar surface area (TPSA) is 52.5 Å². The van der Waals surface area contributed by atoms with Crippen molar-refractivity contribution in [2.45, 2.75) is 12.5 Å². The van der Waals surface area contributed by atoms with Crippen LogP contribution in [-0.4, -0.2) is 34.2 Å². The molecule has 0 aliphatic carbocycles. The first kappa shape index (κ1) is 24.8. The van der Waals surface area contributed by atoms with Crippen LogP contribution in [0.25, 0.3) is 6.08 Å². The molecule has 0 saturated carbocycles. The summed E-state index contributed by atoms with van der Waals surface area (Å²) in [4.78, 5) is 0. The molecule has 0 N–H and O–H groups in total. The zero-order chi connectivity index (χ0) is 24.9. The second kappa shape index (κ2) is 10.9. The van der Waals surface area contributed by atoms with Crippen LogP contribution in [-0.2, 0) is 0 Å². The minimum absolute atomic E-state index is 0.175. The highest BCUT2D eigenvalue weighted by Crippen LogP contribution is 2.45. The van der Waals surface area contributed by atoms with E-state index in [4.69, 9.17) is 47.3 Å². The third-order valence-electron chi connectivity index (χ3n) is 5.77. The summed E-state index contributed by atoms with van der Waals surface area (Å²) in [7, 11) is 6.49. The van der Waals surface area contributed by atoms with Crippen molar-refractivity contribution in [1.29, 1.82) is 0 Å². The van der Waals surface area contributed by atoms with Gasteiger partial charge in [0, 0.05) is 22.6 Å². The Balaban J connectivity index is 1.77. The van der Waals surface area contributed by atoms with Gasteiger partial charge in [-0.05, 0) is 42.5 Å². The number of hydrogen-bond donors (Lipinski definition) is 0. The van der Waals surface area contributed by atoms with E-state index < -0.39 is 0 Å². The fourth-order valence-electron chi connectivity index (χ4n) is 4.17. The summed E-state index contributed by atoms with van der Waals surface area (Å²) < 4.78 is 22.2. The molecule has 1 atom stereocenters. The lowest BCUT2D eigenvalue weighted by Crippen LogP contribution is -2.19. The number of hydrogen-bond acceptors (Lipinski definition) is 6. The van der Waals surface area contributed by atoms with Crippen molar-refractivity contribution in [3.63, 3.8) is 0 Å². The molecule has 182 valence electrons. The van der Waals surface area contributed by atoms with E-state index in [0.717, 1.165) is 22.5 Å². The molecule has 0 fully saturated rings. The predicted octanol–water partition coefficient (Wildman–Crippen LogP) is 7.05. The van der Waals surface area contributed by atoms with Gasteiger partial charge in [-0.15, -0.1) is 0 Å². The van der Waals surface area contributed by atoms with Crippen LogP contribution in [0.15, 0.2) is 65.8 Å². The zero-order valence-electron chi connectivity index (χ0n) is 19.9. The van der Waals surface area contributed by atoms with Crippen LogP contribution in [0.1, 0.15) is 23.6 Å². The summed E-state index contributed by atoms with van der Waals surface area (Å²) in [6, 6.07) is 16.8. The number of para-hydroxylation sites is 2. The SMILES string of the molecule is COc1cccc(/C=C/C2=NN(c3ccc(Cl)cc3Cl)[C@@H](c3cccc(OC)c3OC)C2)c1OC. The first-order chi connectivity index (χ1) is 17.0. The number of hydrazone groups is 1. The minimum Gasteiger partial charge on any atom is -0.493 e. The molecule has 1 heterocycles. The Morgan fingerprint density at radius 3 is 2.17 bits per heavy atom. The molecular formula is C27H26Cl2N2O4. The van der Waals surface area contributed by atoms with E-state index in [9.17, 15) is 0 Å². The third-order valence-corrected chi connectivity index (χ3v) is 6.31. The van der Waals surface area contributed by atoms with Gasteiger partial charge in [-0.2, -0.15) is 5.10 Å². The Bertz CT molecular complexity index is 1280. The lowest BCUT2D eigenvalue weighted by Gasteiger charge is -2.26. The molecule has 0 amide bonds. The Morgan fingerprint density at radius 1 is 0.829 bits per heavy atom. The van der Waals surface area contributed by atoms with Gasteiger partial charge in [0.1, 0.15) is 0 Å². The lowest BCUT2D eigenvalue weighted by atomic mass is 9.99. The van der Waals surface area contributed by atoms with E-state index in [0.29, 0.717) is 39.5 Å². The van der Waals surface area contributed by atoms with E-state index in [2.05, 4.69) is 0 Å². The fraction of sp³-hybridized carbons (Fsp3) is 0.222. The molecule has 4 rings (SSSR count). The summed E-state index contributed by atoms with van der Waals surface area (Å²) in [5.74, 6) is 2.63. The molecule has 3 aromatic rings. The van der Waals surface area contributed by atoms with E-state index in [1.807, 2.05) is 59.6 Å². The number of methoxy groups -OCH3 is 4. The first-order valence-electron chi connectivity index (χ1n) is 10.9. The zero-order valence-corrected chi connectivity index (χ0v) is 21.4. The molecule has 8 heteroatoms. The van der Waals surface area contributed by atoms with Crippen LogP contribution in [0.3, 0.4) is 0 Å². The van der Waals surface area contributed by atoms with Crippen LogP contribution < -0.4 is 24.0 Å². The number of benzene rings is 3. The summed E-state index contributed by atoms with van der Waals surface area (Å²) in [6.07, 6.45) is 4.55. The Kier molecular flexibility index (Phi) is 7.73. The number of ether oxygens (including phenoxy) is 4. The van der Waals surface area contributed by atoms with E-state index in [1.165, 1.54) is 0 Å². The summed E-state index contributed by atoms with van der Waals surface area (Å²) in [5, 5.41) is 7.88. The quantitative estimate of drug-likeness (QED) is 0.323. The van der Waals surface area contributed by atoms with Crippen molar-refractivity contribution < 1.29 is 18.9 Å².